The molecular formula is C20H24Cl2N4O3S. The number of amides is 1. The number of anilines is 2. The summed E-state index contributed by atoms with van der Waals surface area (Å²) in [6, 6.07) is 4.76. The molecule has 2 aromatic rings. The summed E-state index contributed by atoms with van der Waals surface area (Å²) in [6.45, 7) is 7.07. The Balaban J connectivity index is 1.77. The number of halogens is 2. The lowest BCUT2D eigenvalue weighted by molar-refractivity contribution is -0.111. The highest BCUT2D eigenvalue weighted by atomic mass is 35.5. The van der Waals surface area contributed by atoms with Crippen molar-refractivity contribution in [3.63, 3.8) is 0 Å². The first-order chi connectivity index (χ1) is 14.1. The van der Waals surface area contributed by atoms with Gasteiger partial charge in [0.05, 0.1) is 27.8 Å². The molecule has 0 spiro atoms. The molecule has 1 fully saturated rings. The van der Waals surface area contributed by atoms with Gasteiger partial charge in [-0.3, -0.25) is 13.8 Å². The number of carbonyl (C=O) groups excluding carboxylic acids is 1. The van der Waals surface area contributed by atoms with Crippen molar-refractivity contribution in [2.45, 2.75) is 33.7 Å². The number of benzene rings is 1. The first-order valence-corrected chi connectivity index (χ1v) is 12.0. The summed E-state index contributed by atoms with van der Waals surface area (Å²) in [5.74, 6) is 0.0890. The van der Waals surface area contributed by atoms with Crippen LogP contribution < -0.4 is 9.62 Å². The molecule has 0 saturated carbocycles. The van der Waals surface area contributed by atoms with Crippen molar-refractivity contribution in [1.29, 1.82) is 0 Å². The van der Waals surface area contributed by atoms with E-state index in [-0.39, 0.29) is 5.75 Å². The van der Waals surface area contributed by atoms with Crippen LogP contribution in [0.25, 0.3) is 6.08 Å². The Morgan fingerprint density at radius 3 is 2.70 bits per heavy atom. The maximum Gasteiger partial charge on any atom is 0.248 e. The van der Waals surface area contributed by atoms with E-state index >= 15 is 0 Å². The van der Waals surface area contributed by atoms with Gasteiger partial charge in [-0.2, -0.15) is 5.10 Å². The standard InChI is InChI=1S/C20H24Cl2N4O3S/c1-13(2)12-25-20(22)16(14(3)24-25)6-8-19(27)23-18-11-15(5-7-17(18)21)26-9-4-10-30(26,28)29/h5-8,11,13H,4,9-10,12H2,1-3H3,(H,23,27)/b8-6+. The van der Waals surface area contributed by atoms with Crippen molar-refractivity contribution in [3.8, 4) is 0 Å². The van der Waals surface area contributed by atoms with Gasteiger partial charge in [0.1, 0.15) is 5.15 Å². The molecule has 0 radical (unpaired) electrons. The summed E-state index contributed by atoms with van der Waals surface area (Å²) in [6.07, 6.45) is 3.53. The van der Waals surface area contributed by atoms with Gasteiger partial charge in [0.25, 0.3) is 0 Å². The maximum absolute atomic E-state index is 12.4. The second-order valence-electron chi connectivity index (χ2n) is 7.59. The SMILES string of the molecule is Cc1nn(CC(C)C)c(Cl)c1/C=C/C(=O)Nc1cc(N2CCCS2(=O)=O)ccc1Cl. The number of hydrogen-bond donors (Lipinski definition) is 1. The normalized spacial score (nSPS) is 16.0. The fourth-order valence-corrected chi connectivity index (χ4v) is 5.28. The van der Waals surface area contributed by atoms with Crippen molar-refractivity contribution in [2.75, 3.05) is 21.9 Å². The summed E-state index contributed by atoms with van der Waals surface area (Å²) in [5, 5.41) is 7.91. The second-order valence-corrected chi connectivity index (χ2v) is 10.4. The smallest absolute Gasteiger partial charge is 0.248 e. The lowest BCUT2D eigenvalue weighted by Crippen LogP contribution is -2.25. The quantitative estimate of drug-likeness (QED) is 0.635. The summed E-state index contributed by atoms with van der Waals surface area (Å²) in [5.41, 5.74) is 2.22. The van der Waals surface area contributed by atoms with Gasteiger partial charge >= 0.3 is 0 Å². The van der Waals surface area contributed by atoms with Gasteiger partial charge in [0, 0.05) is 24.7 Å². The van der Waals surface area contributed by atoms with Crippen LogP contribution in [0.5, 0.6) is 0 Å². The van der Waals surface area contributed by atoms with Gasteiger partial charge in [-0.15, -0.1) is 0 Å². The first kappa shape index (κ1) is 22.7. The highest BCUT2D eigenvalue weighted by Gasteiger charge is 2.28. The van der Waals surface area contributed by atoms with E-state index in [9.17, 15) is 13.2 Å². The van der Waals surface area contributed by atoms with Crippen molar-refractivity contribution in [2.24, 2.45) is 5.92 Å². The molecule has 0 bridgehead atoms. The molecular weight excluding hydrogens is 447 g/mol. The van der Waals surface area contributed by atoms with Gasteiger partial charge in [-0.05, 0) is 43.5 Å². The molecule has 162 valence electrons. The van der Waals surface area contributed by atoms with Crippen molar-refractivity contribution < 1.29 is 13.2 Å². The molecule has 2 heterocycles. The summed E-state index contributed by atoms with van der Waals surface area (Å²) in [4.78, 5) is 12.4. The molecule has 1 saturated heterocycles. The van der Waals surface area contributed by atoms with Gasteiger partial charge in [-0.25, -0.2) is 8.42 Å². The van der Waals surface area contributed by atoms with Crippen LogP contribution in [-0.4, -0.2) is 36.4 Å². The van der Waals surface area contributed by atoms with Crippen LogP contribution in [0, 0.1) is 12.8 Å². The Morgan fingerprint density at radius 2 is 2.07 bits per heavy atom. The fraction of sp³-hybridized carbons (Fsp3) is 0.400. The monoisotopic (exact) mass is 470 g/mol. The molecule has 1 aliphatic heterocycles. The average Bonchev–Trinajstić information content (AvgIpc) is 3.13. The lowest BCUT2D eigenvalue weighted by Gasteiger charge is -2.18. The first-order valence-electron chi connectivity index (χ1n) is 9.60. The van der Waals surface area contributed by atoms with Crippen LogP contribution in [-0.2, 0) is 21.4 Å². The number of nitrogens with zero attached hydrogens (tertiary/aromatic N) is 3. The van der Waals surface area contributed by atoms with Gasteiger partial charge < -0.3 is 5.32 Å². The predicted octanol–water partition coefficient (Wildman–Crippen LogP) is 4.35. The molecule has 30 heavy (non-hydrogen) atoms. The van der Waals surface area contributed by atoms with E-state index in [1.165, 1.54) is 10.4 Å². The molecule has 0 aliphatic carbocycles. The maximum atomic E-state index is 12.4. The van der Waals surface area contributed by atoms with Crippen molar-refractivity contribution in [3.05, 3.63) is 45.7 Å². The number of nitrogens with one attached hydrogen (secondary N) is 1. The molecule has 7 nitrogen and oxygen atoms in total. The van der Waals surface area contributed by atoms with Gasteiger partial charge in [-0.1, -0.05) is 37.0 Å². The number of sulfonamides is 1. The van der Waals surface area contributed by atoms with Crippen molar-refractivity contribution >= 4 is 56.6 Å². The Morgan fingerprint density at radius 1 is 1.33 bits per heavy atom. The molecule has 0 atom stereocenters. The zero-order valence-electron chi connectivity index (χ0n) is 17.0. The minimum atomic E-state index is -3.32. The van der Waals surface area contributed by atoms with Crippen LogP contribution >= 0.6 is 23.2 Å². The van der Waals surface area contributed by atoms with Crippen LogP contribution in [0.3, 0.4) is 0 Å². The number of hydrogen-bond acceptors (Lipinski definition) is 4. The van der Waals surface area contributed by atoms with Crippen molar-refractivity contribution in [1.82, 2.24) is 9.78 Å². The molecule has 3 rings (SSSR count). The molecule has 1 aromatic carbocycles. The highest BCUT2D eigenvalue weighted by molar-refractivity contribution is 7.93. The lowest BCUT2D eigenvalue weighted by atomic mass is 10.2. The fourth-order valence-electron chi connectivity index (χ4n) is 3.25. The second kappa shape index (κ2) is 8.99. The minimum Gasteiger partial charge on any atom is -0.321 e. The zero-order valence-corrected chi connectivity index (χ0v) is 19.4. The zero-order chi connectivity index (χ0) is 22.1. The van der Waals surface area contributed by atoms with Crippen LogP contribution in [0.2, 0.25) is 10.2 Å². The summed E-state index contributed by atoms with van der Waals surface area (Å²) >= 11 is 12.6. The number of aryl methyl sites for hydroxylation is 1. The van der Waals surface area contributed by atoms with E-state index in [4.69, 9.17) is 23.2 Å². The summed E-state index contributed by atoms with van der Waals surface area (Å²) in [7, 11) is -3.32. The summed E-state index contributed by atoms with van der Waals surface area (Å²) < 4.78 is 27.3. The van der Waals surface area contributed by atoms with E-state index < -0.39 is 15.9 Å². The molecule has 1 N–H and O–H groups in total. The van der Waals surface area contributed by atoms with E-state index in [1.54, 1.807) is 29.0 Å². The third kappa shape index (κ3) is 4.99. The van der Waals surface area contributed by atoms with Crippen LogP contribution in [0.1, 0.15) is 31.5 Å². The van der Waals surface area contributed by atoms with Gasteiger partial charge in [0.2, 0.25) is 15.9 Å². The third-order valence-electron chi connectivity index (χ3n) is 4.64. The molecule has 1 aromatic heterocycles. The Hall–Kier alpha value is -2.03. The van der Waals surface area contributed by atoms with Crippen LogP contribution in [0.4, 0.5) is 11.4 Å². The van der Waals surface area contributed by atoms with Crippen LogP contribution in [0.15, 0.2) is 24.3 Å². The number of carbonyl (C=O) groups is 1. The van der Waals surface area contributed by atoms with Gasteiger partial charge in [0.15, 0.2) is 0 Å². The Bertz CT molecular complexity index is 1090. The van der Waals surface area contributed by atoms with E-state index in [0.29, 0.717) is 52.5 Å². The van der Waals surface area contributed by atoms with E-state index in [0.717, 1.165) is 5.69 Å². The third-order valence-corrected chi connectivity index (χ3v) is 7.24. The average molecular weight is 471 g/mol. The predicted molar refractivity (Wildman–Crippen MR) is 122 cm³/mol. The minimum absolute atomic E-state index is 0.116. The van der Waals surface area contributed by atoms with E-state index in [2.05, 4.69) is 24.3 Å². The Labute approximate surface area is 186 Å². The molecule has 1 amide bonds. The molecule has 1 aliphatic rings. The number of aromatic nitrogens is 2. The highest BCUT2D eigenvalue weighted by Crippen LogP contribution is 2.31. The Kier molecular flexibility index (Phi) is 6.79. The number of rotatable bonds is 6. The topological polar surface area (TPSA) is 84.3 Å². The largest absolute Gasteiger partial charge is 0.321 e. The molecule has 0 unspecified atom stereocenters. The molecule has 10 heteroatoms. The van der Waals surface area contributed by atoms with E-state index in [1.807, 2.05) is 6.92 Å².